The number of aromatic nitrogens is 1. The predicted molar refractivity (Wildman–Crippen MR) is 62.2 cm³/mol. The van der Waals surface area contributed by atoms with Gasteiger partial charge in [-0.2, -0.15) is 0 Å². The number of nitrogens with one attached hydrogen (secondary N) is 1. The van der Waals surface area contributed by atoms with Gasteiger partial charge in [-0.25, -0.2) is 4.79 Å². The van der Waals surface area contributed by atoms with E-state index in [0.717, 1.165) is 17.0 Å². The lowest BCUT2D eigenvalue weighted by Crippen LogP contribution is -2.13. The molecule has 96 valence electrons. The van der Waals surface area contributed by atoms with Crippen LogP contribution in [0.1, 0.15) is 33.3 Å². The van der Waals surface area contributed by atoms with Crippen LogP contribution in [0.15, 0.2) is 21.1 Å². The van der Waals surface area contributed by atoms with Crippen molar-refractivity contribution < 1.29 is 18.8 Å². The van der Waals surface area contributed by atoms with Crippen molar-refractivity contribution >= 4 is 5.97 Å². The zero-order valence-corrected chi connectivity index (χ0v) is 10.2. The molecule has 0 unspecified atom stereocenters. The van der Waals surface area contributed by atoms with Gasteiger partial charge in [0.2, 0.25) is 5.76 Å². The second-order valence-corrected chi connectivity index (χ2v) is 4.03. The highest BCUT2D eigenvalue weighted by Gasteiger charge is 2.12. The Labute approximate surface area is 104 Å². The molecule has 0 spiro atoms. The quantitative estimate of drug-likeness (QED) is 0.842. The van der Waals surface area contributed by atoms with E-state index in [2.05, 4.69) is 10.5 Å². The maximum atomic E-state index is 10.7. The molecule has 2 rings (SSSR count). The van der Waals surface area contributed by atoms with Crippen molar-refractivity contribution in [3.05, 3.63) is 40.7 Å². The standard InChI is InChI=1S/C12H14N2O4/c1-7-3-10(14-18-7)6-13-5-9-4-11(12(15)16)17-8(9)2/h3-4,13H,5-6H2,1-2H3,(H,15,16). The second-order valence-electron chi connectivity index (χ2n) is 4.03. The number of aryl methyl sites for hydroxylation is 2. The van der Waals surface area contributed by atoms with Crippen molar-refractivity contribution in [1.29, 1.82) is 0 Å². The van der Waals surface area contributed by atoms with Gasteiger partial charge < -0.3 is 19.4 Å². The summed E-state index contributed by atoms with van der Waals surface area (Å²) in [5.74, 6) is 0.272. The third-order valence-corrected chi connectivity index (χ3v) is 2.53. The van der Waals surface area contributed by atoms with Crippen molar-refractivity contribution in [3.63, 3.8) is 0 Å². The summed E-state index contributed by atoms with van der Waals surface area (Å²) in [4.78, 5) is 10.7. The Bertz CT molecular complexity index is 556. The predicted octanol–water partition coefficient (Wildman–Crippen LogP) is 1.87. The average molecular weight is 250 g/mol. The van der Waals surface area contributed by atoms with Crippen molar-refractivity contribution in [2.45, 2.75) is 26.9 Å². The van der Waals surface area contributed by atoms with Gasteiger partial charge in [-0.3, -0.25) is 0 Å². The van der Waals surface area contributed by atoms with E-state index in [9.17, 15) is 4.79 Å². The van der Waals surface area contributed by atoms with Crippen LogP contribution in [0.25, 0.3) is 0 Å². The third kappa shape index (κ3) is 2.78. The van der Waals surface area contributed by atoms with Crippen LogP contribution in [0.4, 0.5) is 0 Å². The Kier molecular flexibility index (Phi) is 3.47. The van der Waals surface area contributed by atoms with Crippen molar-refractivity contribution in [3.8, 4) is 0 Å². The van der Waals surface area contributed by atoms with Gasteiger partial charge in [0.1, 0.15) is 11.5 Å². The smallest absolute Gasteiger partial charge is 0.371 e. The van der Waals surface area contributed by atoms with Crippen molar-refractivity contribution in [2.24, 2.45) is 0 Å². The van der Waals surface area contributed by atoms with Crippen LogP contribution < -0.4 is 5.32 Å². The van der Waals surface area contributed by atoms with Crippen LogP contribution in [-0.2, 0) is 13.1 Å². The molecular weight excluding hydrogens is 236 g/mol. The molecule has 0 aliphatic rings. The van der Waals surface area contributed by atoms with E-state index in [1.54, 1.807) is 6.92 Å². The minimum atomic E-state index is -1.06. The average Bonchev–Trinajstić information content (AvgIpc) is 2.87. The van der Waals surface area contributed by atoms with Gasteiger partial charge in [0.05, 0.1) is 5.69 Å². The summed E-state index contributed by atoms with van der Waals surface area (Å²) >= 11 is 0. The van der Waals surface area contributed by atoms with E-state index >= 15 is 0 Å². The van der Waals surface area contributed by atoms with E-state index in [-0.39, 0.29) is 5.76 Å². The highest BCUT2D eigenvalue weighted by Crippen LogP contribution is 2.14. The number of carboxylic acids is 1. The molecule has 0 aliphatic heterocycles. The lowest BCUT2D eigenvalue weighted by molar-refractivity contribution is 0.0661. The normalized spacial score (nSPS) is 10.8. The van der Waals surface area contributed by atoms with Crippen molar-refractivity contribution in [1.82, 2.24) is 10.5 Å². The van der Waals surface area contributed by atoms with Crippen LogP contribution in [0, 0.1) is 13.8 Å². The SMILES string of the molecule is Cc1cc(CNCc2cc(C(=O)O)oc2C)no1. The van der Waals surface area contributed by atoms with Crippen LogP contribution in [0.3, 0.4) is 0 Å². The molecule has 2 N–H and O–H groups in total. The Balaban J connectivity index is 1.92. The van der Waals surface area contributed by atoms with Gasteiger partial charge in [0, 0.05) is 24.7 Å². The summed E-state index contributed by atoms with van der Waals surface area (Å²) in [5, 5.41) is 15.8. The molecule has 0 amide bonds. The number of hydrogen-bond acceptors (Lipinski definition) is 5. The van der Waals surface area contributed by atoms with Gasteiger partial charge in [-0.05, 0) is 19.9 Å². The summed E-state index contributed by atoms with van der Waals surface area (Å²) in [7, 11) is 0. The zero-order chi connectivity index (χ0) is 13.1. The van der Waals surface area contributed by atoms with Crippen LogP contribution in [0.2, 0.25) is 0 Å². The fraction of sp³-hybridized carbons (Fsp3) is 0.333. The molecule has 2 heterocycles. The summed E-state index contributed by atoms with van der Waals surface area (Å²) in [5.41, 5.74) is 1.64. The number of aromatic carboxylic acids is 1. The molecule has 2 aromatic rings. The van der Waals surface area contributed by atoms with E-state index < -0.39 is 5.97 Å². The number of hydrogen-bond donors (Lipinski definition) is 2. The molecule has 0 saturated heterocycles. The molecule has 6 heteroatoms. The Hall–Kier alpha value is -2.08. The summed E-state index contributed by atoms with van der Waals surface area (Å²) in [6.07, 6.45) is 0. The molecule has 2 aromatic heterocycles. The first-order valence-electron chi connectivity index (χ1n) is 5.52. The monoisotopic (exact) mass is 250 g/mol. The summed E-state index contributed by atoms with van der Waals surface area (Å²) < 4.78 is 10.0. The van der Waals surface area contributed by atoms with Crippen LogP contribution in [0.5, 0.6) is 0 Å². The number of carbonyl (C=O) groups is 1. The highest BCUT2D eigenvalue weighted by atomic mass is 16.5. The number of rotatable bonds is 5. The second kappa shape index (κ2) is 5.05. The molecular formula is C12H14N2O4. The first-order valence-corrected chi connectivity index (χ1v) is 5.52. The molecule has 0 saturated carbocycles. The lowest BCUT2D eigenvalue weighted by atomic mass is 10.2. The van der Waals surface area contributed by atoms with E-state index in [4.69, 9.17) is 14.0 Å². The third-order valence-electron chi connectivity index (χ3n) is 2.53. The minimum absolute atomic E-state index is 0.0402. The molecule has 0 fully saturated rings. The Morgan fingerprint density at radius 2 is 2.17 bits per heavy atom. The molecule has 6 nitrogen and oxygen atoms in total. The number of nitrogens with zero attached hydrogens (tertiary/aromatic N) is 1. The Morgan fingerprint density at radius 3 is 2.72 bits per heavy atom. The fourth-order valence-corrected chi connectivity index (χ4v) is 1.63. The first kappa shape index (κ1) is 12.4. The molecule has 0 atom stereocenters. The van der Waals surface area contributed by atoms with E-state index in [0.29, 0.717) is 18.8 Å². The van der Waals surface area contributed by atoms with Gasteiger partial charge in [-0.1, -0.05) is 5.16 Å². The minimum Gasteiger partial charge on any atom is -0.475 e. The number of carboxylic acid groups (broad SMARTS) is 1. The van der Waals surface area contributed by atoms with Gasteiger partial charge >= 0.3 is 5.97 Å². The van der Waals surface area contributed by atoms with Crippen LogP contribution in [-0.4, -0.2) is 16.2 Å². The van der Waals surface area contributed by atoms with Gasteiger partial charge in [0.25, 0.3) is 0 Å². The molecule has 0 aliphatic carbocycles. The van der Waals surface area contributed by atoms with Crippen molar-refractivity contribution in [2.75, 3.05) is 0 Å². The zero-order valence-electron chi connectivity index (χ0n) is 10.2. The van der Waals surface area contributed by atoms with Gasteiger partial charge in [-0.15, -0.1) is 0 Å². The topological polar surface area (TPSA) is 88.5 Å². The largest absolute Gasteiger partial charge is 0.475 e. The molecule has 0 bridgehead atoms. The highest BCUT2D eigenvalue weighted by molar-refractivity contribution is 5.84. The molecule has 0 aromatic carbocycles. The fourth-order valence-electron chi connectivity index (χ4n) is 1.63. The lowest BCUT2D eigenvalue weighted by Gasteiger charge is -2.00. The summed E-state index contributed by atoms with van der Waals surface area (Å²) in [6, 6.07) is 3.37. The van der Waals surface area contributed by atoms with E-state index in [1.165, 1.54) is 6.07 Å². The first-order chi connectivity index (χ1) is 8.56. The maximum Gasteiger partial charge on any atom is 0.371 e. The Morgan fingerprint density at radius 1 is 1.39 bits per heavy atom. The van der Waals surface area contributed by atoms with Gasteiger partial charge in [0.15, 0.2) is 0 Å². The van der Waals surface area contributed by atoms with Crippen LogP contribution >= 0.6 is 0 Å². The molecule has 18 heavy (non-hydrogen) atoms. The summed E-state index contributed by atoms with van der Waals surface area (Å²) in [6.45, 7) is 4.65. The molecule has 0 radical (unpaired) electrons. The number of furan rings is 1. The maximum absolute atomic E-state index is 10.7. The van der Waals surface area contributed by atoms with E-state index in [1.807, 2.05) is 13.0 Å².